The van der Waals surface area contributed by atoms with E-state index in [4.69, 9.17) is 9.47 Å². The molecule has 0 bridgehead atoms. The molecule has 2 rings (SSSR count). The zero-order chi connectivity index (χ0) is 18.2. The van der Waals surface area contributed by atoms with Crippen LogP contribution in [0.2, 0.25) is 0 Å². The Hall–Kier alpha value is -3.42. The van der Waals surface area contributed by atoms with Crippen molar-refractivity contribution in [1.82, 2.24) is 5.43 Å². The second-order valence-electron chi connectivity index (χ2n) is 4.82. The van der Waals surface area contributed by atoms with Crippen LogP contribution >= 0.6 is 0 Å². The molecule has 0 saturated carbocycles. The van der Waals surface area contributed by atoms with E-state index >= 15 is 0 Å². The zero-order valence-electron chi connectivity index (χ0n) is 13.8. The van der Waals surface area contributed by atoms with Crippen molar-refractivity contribution in [3.05, 3.63) is 63.7 Å². The molecule has 8 nitrogen and oxygen atoms in total. The quantitative estimate of drug-likeness (QED) is 0.473. The van der Waals surface area contributed by atoms with Crippen molar-refractivity contribution < 1.29 is 19.2 Å². The first-order valence-corrected chi connectivity index (χ1v) is 7.44. The molecular formula is C17H17N3O5. The third-order valence-electron chi connectivity index (χ3n) is 3.21. The van der Waals surface area contributed by atoms with Crippen molar-refractivity contribution in [1.29, 1.82) is 0 Å². The van der Waals surface area contributed by atoms with Gasteiger partial charge in [0.2, 0.25) is 0 Å². The number of nitrogens with zero attached hydrogens (tertiary/aromatic N) is 2. The van der Waals surface area contributed by atoms with Crippen LogP contribution < -0.4 is 14.9 Å². The van der Waals surface area contributed by atoms with Crippen LogP contribution in [-0.2, 0) is 0 Å². The summed E-state index contributed by atoms with van der Waals surface area (Å²) >= 11 is 0. The highest BCUT2D eigenvalue weighted by Crippen LogP contribution is 2.27. The van der Waals surface area contributed by atoms with Gasteiger partial charge in [0.1, 0.15) is 5.56 Å². The number of nitro groups is 1. The average Bonchev–Trinajstić information content (AvgIpc) is 2.62. The predicted molar refractivity (Wildman–Crippen MR) is 92.3 cm³/mol. The molecule has 0 spiro atoms. The standard InChI is InChI=1S/C17H17N3O5/c1-3-25-15-9-8-12(10-16(15)24-2)11-18-19-17(21)13-6-4-5-7-14(13)20(22)23/h4-11H,3H2,1-2H3,(H,19,21)/b18-11+. The van der Waals surface area contributed by atoms with Gasteiger partial charge in [-0.05, 0) is 36.8 Å². The Morgan fingerprint density at radius 2 is 2.04 bits per heavy atom. The first kappa shape index (κ1) is 17.9. The van der Waals surface area contributed by atoms with E-state index in [9.17, 15) is 14.9 Å². The van der Waals surface area contributed by atoms with Crippen molar-refractivity contribution in [3.8, 4) is 11.5 Å². The smallest absolute Gasteiger partial charge is 0.282 e. The third-order valence-corrected chi connectivity index (χ3v) is 3.21. The SMILES string of the molecule is CCOc1ccc(/C=N/NC(=O)c2ccccc2[N+](=O)[O-])cc1OC. The number of ether oxygens (including phenoxy) is 2. The van der Waals surface area contributed by atoms with Crippen LogP contribution in [0.5, 0.6) is 11.5 Å². The number of benzene rings is 2. The lowest BCUT2D eigenvalue weighted by Crippen LogP contribution is -2.18. The number of amides is 1. The van der Waals surface area contributed by atoms with Crippen molar-refractivity contribution >= 4 is 17.8 Å². The van der Waals surface area contributed by atoms with E-state index in [1.54, 1.807) is 24.3 Å². The lowest BCUT2D eigenvalue weighted by Gasteiger charge is -2.09. The van der Waals surface area contributed by atoms with Crippen LogP contribution in [0.4, 0.5) is 5.69 Å². The van der Waals surface area contributed by atoms with Gasteiger partial charge in [-0.2, -0.15) is 5.10 Å². The summed E-state index contributed by atoms with van der Waals surface area (Å²) in [6, 6.07) is 10.8. The predicted octanol–water partition coefficient (Wildman–Crippen LogP) is 2.77. The summed E-state index contributed by atoms with van der Waals surface area (Å²) in [5, 5.41) is 14.8. The first-order valence-electron chi connectivity index (χ1n) is 7.44. The normalized spacial score (nSPS) is 10.5. The maximum atomic E-state index is 12.0. The van der Waals surface area contributed by atoms with E-state index < -0.39 is 10.8 Å². The molecule has 0 heterocycles. The van der Waals surface area contributed by atoms with Gasteiger partial charge in [0.25, 0.3) is 11.6 Å². The molecule has 0 unspecified atom stereocenters. The number of para-hydroxylation sites is 1. The van der Waals surface area contributed by atoms with Crippen LogP contribution in [0.1, 0.15) is 22.8 Å². The average molecular weight is 343 g/mol. The minimum absolute atomic E-state index is 0.0612. The molecule has 0 aliphatic rings. The molecule has 0 fully saturated rings. The highest BCUT2D eigenvalue weighted by molar-refractivity contribution is 5.98. The minimum atomic E-state index is -0.665. The number of carbonyl (C=O) groups excluding carboxylic acids is 1. The fourth-order valence-corrected chi connectivity index (χ4v) is 2.09. The summed E-state index contributed by atoms with van der Waals surface area (Å²) < 4.78 is 10.6. The largest absolute Gasteiger partial charge is 0.493 e. The maximum absolute atomic E-state index is 12.0. The molecule has 1 N–H and O–H groups in total. The van der Waals surface area contributed by atoms with Crippen molar-refractivity contribution in [3.63, 3.8) is 0 Å². The number of carbonyl (C=O) groups is 1. The summed E-state index contributed by atoms with van der Waals surface area (Å²) in [5.74, 6) is 0.475. The highest BCUT2D eigenvalue weighted by atomic mass is 16.6. The van der Waals surface area contributed by atoms with Crippen molar-refractivity contribution in [2.45, 2.75) is 6.92 Å². The van der Waals surface area contributed by atoms with Gasteiger partial charge >= 0.3 is 0 Å². The first-order chi connectivity index (χ1) is 12.1. The van der Waals surface area contributed by atoms with Gasteiger partial charge in [-0.15, -0.1) is 0 Å². The van der Waals surface area contributed by atoms with E-state index in [0.29, 0.717) is 23.7 Å². The van der Waals surface area contributed by atoms with E-state index in [1.165, 1.54) is 31.5 Å². The van der Waals surface area contributed by atoms with Gasteiger partial charge in [-0.3, -0.25) is 14.9 Å². The summed E-state index contributed by atoms with van der Waals surface area (Å²) in [5.41, 5.74) is 2.60. The number of hydrogen-bond donors (Lipinski definition) is 1. The van der Waals surface area contributed by atoms with E-state index in [2.05, 4.69) is 10.5 Å². The Labute approximate surface area is 144 Å². The molecule has 0 aromatic heterocycles. The Bertz CT molecular complexity index is 805. The number of rotatable bonds is 7. The highest BCUT2D eigenvalue weighted by Gasteiger charge is 2.18. The van der Waals surface area contributed by atoms with Crippen LogP contribution in [0.25, 0.3) is 0 Å². The number of hydrogen-bond acceptors (Lipinski definition) is 6. The van der Waals surface area contributed by atoms with E-state index in [0.717, 1.165) is 0 Å². The lowest BCUT2D eigenvalue weighted by molar-refractivity contribution is -0.385. The third kappa shape index (κ3) is 4.54. The van der Waals surface area contributed by atoms with E-state index in [-0.39, 0.29) is 11.3 Å². The van der Waals surface area contributed by atoms with Gasteiger partial charge in [0.05, 0.1) is 24.9 Å². The lowest BCUT2D eigenvalue weighted by atomic mass is 10.2. The number of nitro benzene ring substituents is 1. The maximum Gasteiger partial charge on any atom is 0.282 e. The topological polar surface area (TPSA) is 103 Å². The minimum Gasteiger partial charge on any atom is -0.493 e. The van der Waals surface area contributed by atoms with Crippen LogP contribution in [0.3, 0.4) is 0 Å². The fourth-order valence-electron chi connectivity index (χ4n) is 2.09. The van der Waals surface area contributed by atoms with Crippen LogP contribution in [-0.4, -0.2) is 30.8 Å². The Kier molecular flexibility index (Phi) is 6.05. The van der Waals surface area contributed by atoms with E-state index in [1.807, 2.05) is 6.92 Å². The Morgan fingerprint density at radius 3 is 2.72 bits per heavy atom. The second kappa shape index (κ2) is 8.44. The molecule has 25 heavy (non-hydrogen) atoms. The van der Waals surface area contributed by atoms with Crippen molar-refractivity contribution in [2.75, 3.05) is 13.7 Å². The summed E-state index contributed by atoms with van der Waals surface area (Å²) in [6.07, 6.45) is 1.41. The molecule has 0 radical (unpaired) electrons. The zero-order valence-corrected chi connectivity index (χ0v) is 13.8. The summed E-state index contributed by atoms with van der Waals surface area (Å²) in [6.45, 7) is 2.38. The Morgan fingerprint density at radius 1 is 1.28 bits per heavy atom. The summed E-state index contributed by atoms with van der Waals surface area (Å²) in [7, 11) is 1.52. The Balaban J connectivity index is 2.11. The van der Waals surface area contributed by atoms with Gasteiger partial charge in [-0.25, -0.2) is 5.43 Å². The van der Waals surface area contributed by atoms with Gasteiger partial charge in [0, 0.05) is 6.07 Å². The van der Waals surface area contributed by atoms with Gasteiger partial charge < -0.3 is 9.47 Å². The van der Waals surface area contributed by atoms with Gasteiger partial charge in [0.15, 0.2) is 11.5 Å². The molecule has 2 aromatic rings. The molecule has 0 aliphatic carbocycles. The molecular weight excluding hydrogens is 326 g/mol. The molecule has 0 saturated heterocycles. The number of nitrogens with one attached hydrogen (secondary N) is 1. The molecule has 0 atom stereocenters. The van der Waals surface area contributed by atoms with Crippen LogP contribution in [0, 0.1) is 10.1 Å². The summed E-state index contributed by atoms with van der Waals surface area (Å²) in [4.78, 5) is 22.4. The number of hydrazone groups is 1. The van der Waals surface area contributed by atoms with Gasteiger partial charge in [-0.1, -0.05) is 12.1 Å². The van der Waals surface area contributed by atoms with Crippen LogP contribution in [0.15, 0.2) is 47.6 Å². The fraction of sp³-hybridized carbons (Fsp3) is 0.176. The molecule has 8 heteroatoms. The van der Waals surface area contributed by atoms with Crippen molar-refractivity contribution in [2.24, 2.45) is 5.10 Å². The molecule has 130 valence electrons. The number of methoxy groups -OCH3 is 1. The molecule has 2 aromatic carbocycles. The second-order valence-corrected chi connectivity index (χ2v) is 4.82. The monoisotopic (exact) mass is 343 g/mol. The molecule has 0 aliphatic heterocycles. The molecule has 1 amide bonds.